The van der Waals surface area contributed by atoms with Crippen LogP contribution in [0.4, 0.5) is 11.4 Å². The van der Waals surface area contributed by atoms with E-state index in [4.69, 9.17) is 4.74 Å². The molecule has 0 bridgehead atoms. The number of para-hydroxylation sites is 1. The van der Waals surface area contributed by atoms with Gasteiger partial charge in [0.05, 0.1) is 29.4 Å². The molecule has 0 radical (unpaired) electrons. The number of carbonyl (C=O) groups excluding carboxylic acids is 1. The van der Waals surface area contributed by atoms with E-state index < -0.39 is 10.0 Å². The van der Waals surface area contributed by atoms with E-state index in [-0.39, 0.29) is 22.1 Å². The van der Waals surface area contributed by atoms with Crippen molar-refractivity contribution in [2.45, 2.75) is 11.4 Å². The van der Waals surface area contributed by atoms with Gasteiger partial charge in [0.2, 0.25) is 0 Å². The van der Waals surface area contributed by atoms with Crippen molar-refractivity contribution in [3.8, 4) is 0 Å². The Morgan fingerprint density at radius 2 is 1.53 bits per heavy atom. The molecule has 8 heteroatoms. The lowest BCUT2D eigenvalue weighted by Gasteiger charge is -2.28. The van der Waals surface area contributed by atoms with Crippen molar-refractivity contribution in [1.82, 2.24) is 5.32 Å². The number of rotatable bonds is 7. The van der Waals surface area contributed by atoms with Crippen molar-refractivity contribution < 1.29 is 17.9 Å². The van der Waals surface area contributed by atoms with E-state index in [2.05, 4.69) is 14.9 Å². The third-order valence-electron chi connectivity index (χ3n) is 5.24. The fourth-order valence-corrected chi connectivity index (χ4v) is 4.60. The number of ether oxygens (including phenoxy) is 1. The van der Waals surface area contributed by atoms with Crippen LogP contribution in [-0.4, -0.2) is 40.6 Å². The number of anilines is 2. The third-order valence-corrected chi connectivity index (χ3v) is 6.62. The van der Waals surface area contributed by atoms with Crippen molar-refractivity contribution in [3.63, 3.8) is 0 Å². The van der Waals surface area contributed by atoms with Crippen LogP contribution in [0, 0.1) is 0 Å². The molecule has 1 aliphatic rings. The first-order valence-corrected chi connectivity index (χ1v) is 11.9. The Bertz CT molecular complexity index is 1160. The fraction of sp³-hybridized carbons (Fsp3) is 0.208. The average Bonchev–Trinajstić information content (AvgIpc) is 2.84. The number of amides is 1. The topological polar surface area (TPSA) is 87.7 Å². The number of sulfonamides is 1. The Balaban J connectivity index is 1.42. The first-order chi connectivity index (χ1) is 15.5. The average molecular weight is 452 g/mol. The molecule has 1 saturated heterocycles. The van der Waals surface area contributed by atoms with Crippen molar-refractivity contribution in [1.29, 1.82) is 0 Å². The van der Waals surface area contributed by atoms with Crippen molar-refractivity contribution >= 4 is 27.3 Å². The lowest BCUT2D eigenvalue weighted by molar-refractivity contribution is 0.0951. The zero-order valence-corrected chi connectivity index (χ0v) is 18.3. The minimum Gasteiger partial charge on any atom is -0.378 e. The minimum absolute atomic E-state index is 0.135. The number of carbonyl (C=O) groups is 1. The highest BCUT2D eigenvalue weighted by Gasteiger charge is 2.18. The fourth-order valence-electron chi connectivity index (χ4n) is 3.50. The Morgan fingerprint density at radius 1 is 0.875 bits per heavy atom. The zero-order valence-electron chi connectivity index (χ0n) is 17.5. The van der Waals surface area contributed by atoms with Crippen molar-refractivity contribution in [2.24, 2.45) is 0 Å². The molecule has 1 aliphatic heterocycles. The van der Waals surface area contributed by atoms with Gasteiger partial charge in [0.25, 0.3) is 15.9 Å². The molecule has 0 aromatic heterocycles. The summed E-state index contributed by atoms with van der Waals surface area (Å²) in [6, 6.07) is 22.6. The monoisotopic (exact) mass is 451 g/mol. The maximum absolute atomic E-state index is 12.8. The SMILES string of the molecule is O=C(NCc1ccc(N2CCOCC2)cc1)c1ccccc1NS(=O)(=O)c1ccccc1. The van der Waals surface area contributed by atoms with Crippen LogP contribution >= 0.6 is 0 Å². The lowest BCUT2D eigenvalue weighted by Crippen LogP contribution is -2.36. The highest BCUT2D eigenvalue weighted by Crippen LogP contribution is 2.21. The van der Waals surface area contributed by atoms with Crippen LogP contribution in [-0.2, 0) is 21.3 Å². The normalized spacial score (nSPS) is 14.1. The van der Waals surface area contributed by atoms with Gasteiger partial charge < -0.3 is 15.0 Å². The van der Waals surface area contributed by atoms with Gasteiger partial charge in [0.15, 0.2) is 0 Å². The van der Waals surface area contributed by atoms with E-state index >= 15 is 0 Å². The van der Waals surface area contributed by atoms with Crippen molar-refractivity contribution in [2.75, 3.05) is 35.9 Å². The summed E-state index contributed by atoms with van der Waals surface area (Å²) in [5, 5.41) is 2.87. The van der Waals surface area contributed by atoms with Crippen molar-refractivity contribution in [3.05, 3.63) is 90.0 Å². The van der Waals surface area contributed by atoms with Crippen LogP contribution in [0.15, 0.2) is 83.8 Å². The maximum atomic E-state index is 12.8. The van der Waals surface area contributed by atoms with E-state index in [0.29, 0.717) is 6.54 Å². The van der Waals surface area contributed by atoms with Crippen LogP contribution in [0.5, 0.6) is 0 Å². The number of nitrogens with zero attached hydrogens (tertiary/aromatic N) is 1. The van der Waals surface area contributed by atoms with Gasteiger partial charge in [-0.3, -0.25) is 9.52 Å². The summed E-state index contributed by atoms with van der Waals surface area (Å²) < 4.78 is 33.2. The van der Waals surface area contributed by atoms with E-state index in [1.54, 1.807) is 42.5 Å². The molecule has 2 N–H and O–H groups in total. The second-order valence-corrected chi connectivity index (χ2v) is 9.10. The van der Waals surface area contributed by atoms with E-state index in [9.17, 15) is 13.2 Å². The van der Waals surface area contributed by atoms with E-state index in [1.807, 2.05) is 24.3 Å². The quantitative estimate of drug-likeness (QED) is 0.576. The van der Waals surface area contributed by atoms with Crippen LogP contribution < -0.4 is 14.9 Å². The van der Waals surface area contributed by atoms with E-state index in [0.717, 1.165) is 37.6 Å². The summed E-state index contributed by atoms with van der Waals surface area (Å²) in [7, 11) is -3.80. The molecule has 0 unspecified atom stereocenters. The molecule has 3 aromatic carbocycles. The molecule has 32 heavy (non-hydrogen) atoms. The lowest BCUT2D eigenvalue weighted by atomic mass is 10.1. The second-order valence-electron chi connectivity index (χ2n) is 7.41. The third kappa shape index (κ3) is 5.27. The molecule has 4 rings (SSSR count). The molecule has 3 aromatic rings. The van der Waals surface area contributed by atoms with Crippen LogP contribution in [0.25, 0.3) is 0 Å². The van der Waals surface area contributed by atoms with Gasteiger partial charge in [-0.05, 0) is 42.0 Å². The van der Waals surface area contributed by atoms with Gasteiger partial charge in [0, 0.05) is 25.3 Å². The van der Waals surface area contributed by atoms with Gasteiger partial charge in [-0.1, -0.05) is 42.5 Å². The Morgan fingerprint density at radius 3 is 2.25 bits per heavy atom. The van der Waals surface area contributed by atoms with Gasteiger partial charge >= 0.3 is 0 Å². The standard InChI is InChI=1S/C24H25N3O4S/c28-24(25-18-19-10-12-20(13-11-19)27-14-16-31-17-15-27)22-8-4-5-9-23(22)26-32(29,30)21-6-2-1-3-7-21/h1-13,26H,14-18H2,(H,25,28). The first-order valence-electron chi connectivity index (χ1n) is 10.4. The minimum atomic E-state index is -3.80. The molecule has 0 aliphatic carbocycles. The summed E-state index contributed by atoms with van der Waals surface area (Å²) in [6.07, 6.45) is 0. The first kappa shape index (κ1) is 21.9. The summed E-state index contributed by atoms with van der Waals surface area (Å²) >= 11 is 0. The number of morpholine rings is 1. The Kier molecular flexibility index (Phi) is 6.72. The largest absolute Gasteiger partial charge is 0.378 e. The number of hydrogen-bond donors (Lipinski definition) is 2. The highest BCUT2D eigenvalue weighted by atomic mass is 32.2. The molecule has 1 fully saturated rings. The molecule has 166 valence electrons. The summed E-state index contributed by atoms with van der Waals surface area (Å²) in [5.74, 6) is -0.353. The van der Waals surface area contributed by atoms with Gasteiger partial charge in [-0.25, -0.2) is 8.42 Å². The maximum Gasteiger partial charge on any atom is 0.261 e. The predicted molar refractivity (Wildman–Crippen MR) is 124 cm³/mol. The van der Waals surface area contributed by atoms with Gasteiger partial charge in [0.1, 0.15) is 0 Å². The van der Waals surface area contributed by atoms with Crippen LogP contribution in [0.1, 0.15) is 15.9 Å². The Hall–Kier alpha value is -3.36. The molecule has 1 heterocycles. The van der Waals surface area contributed by atoms with E-state index in [1.165, 1.54) is 12.1 Å². The summed E-state index contributed by atoms with van der Waals surface area (Å²) in [5.41, 5.74) is 2.58. The molecule has 0 saturated carbocycles. The number of benzene rings is 3. The Labute approximate surface area is 188 Å². The molecule has 0 atom stereocenters. The molecular weight excluding hydrogens is 426 g/mol. The second kappa shape index (κ2) is 9.84. The molecular formula is C24H25N3O4S. The zero-order chi connectivity index (χ0) is 22.4. The molecule has 0 spiro atoms. The summed E-state index contributed by atoms with van der Waals surface area (Å²) in [6.45, 7) is 3.52. The number of hydrogen-bond acceptors (Lipinski definition) is 5. The highest BCUT2D eigenvalue weighted by molar-refractivity contribution is 7.92. The molecule has 1 amide bonds. The summed E-state index contributed by atoms with van der Waals surface area (Å²) in [4.78, 5) is 15.2. The predicted octanol–water partition coefficient (Wildman–Crippen LogP) is 3.25. The number of nitrogens with one attached hydrogen (secondary N) is 2. The smallest absolute Gasteiger partial charge is 0.261 e. The van der Waals surface area contributed by atoms with Gasteiger partial charge in [-0.2, -0.15) is 0 Å². The van der Waals surface area contributed by atoms with Crippen LogP contribution in [0.3, 0.4) is 0 Å². The van der Waals surface area contributed by atoms with Crippen LogP contribution in [0.2, 0.25) is 0 Å². The van der Waals surface area contributed by atoms with Gasteiger partial charge in [-0.15, -0.1) is 0 Å². The molecule has 7 nitrogen and oxygen atoms in total.